The van der Waals surface area contributed by atoms with Gasteiger partial charge in [0.1, 0.15) is 11.6 Å². The van der Waals surface area contributed by atoms with Gasteiger partial charge in [-0.15, -0.1) is 0 Å². The highest BCUT2D eigenvalue weighted by Gasteiger charge is 2.35. The highest BCUT2D eigenvalue weighted by Crippen LogP contribution is 2.30. The lowest BCUT2D eigenvalue weighted by Gasteiger charge is -2.43. The quantitative estimate of drug-likeness (QED) is 0.195. The normalized spacial score (nSPS) is 16.7. The zero-order valence-electron chi connectivity index (χ0n) is 27.2. The SMILES string of the molecule is CC1(C)COCCN1c1nc(C(=O)c2ncc(C#Cc3cccc(Cl)c3)c(N3CCOCC3(C)C)n2)ncc1C#Cc1cccc(Cl)c1. The average Bonchev–Trinajstić information content (AvgIpc) is 3.06. The standard InChI is InChI=1S/C37H34Cl2N6O3/c1-36(2)23-47-17-15-44(36)34-27(13-11-25-7-5-9-29(38)19-25)21-40-32(42-34)31(46)33-41-22-28(14-12-26-8-6-10-30(39)20-26)35(43-33)45-16-18-48-24-37(45,3)4/h5-10,19-22H,15-18,23-24H2,1-4H3. The predicted molar refractivity (Wildman–Crippen MR) is 187 cm³/mol. The molecular weight excluding hydrogens is 647 g/mol. The third-order valence-corrected chi connectivity index (χ3v) is 8.55. The fourth-order valence-corrected chi connectivity index (χ4v) is 5.95. The number of morpholine rings is 2. The first-order valence-electron chi connectivity index (χ1n) is 15.5. The molecule has 2 aromatic heterocycles. The Morgan fingerprint density at radius 2 is 1.15 bits per heavy atom. The lowest BCUT2D eigenvalue weighted by molar-refractivity contribution is 0.0638. The van der Waals surface area contributed by atoms with Gasteiger partial charge >= 0.3 is 0 Å². The minimum Gasteiger partial charge on any atom is -0.377 e. The summed E-state index contributed by atoms with van der Waals surface area (Å²) in [6, 6.07) is 14.6. The molecule has 0 bridgehead atoms. The Morgan fingerprint density at radius 1 is 0.708 bits per heavy atom. The molecule has 48 heavy (non-hydrogen) atoms. The number of aromatic nitrogens is 4. The zero-order chi connectivity index (χ0) is 33.9. The van der Waals surface area contributed by atoms with Crippen molar-refractivity contribution in [2.24, 2.45) is 0 Å². The van der Waals surface area contributed by atoms with Gasteiger partial charge < -0.3 is 19.3 Å². The fourth-order valence-electron chi connectivity index (χ4n) is 5.57. The number of ether oxygens (including phenoxy) is 2. The number of hydrogen-bond acceptors (Lipinski definition) is 9. The van der Waals surface area contributed by atoms with Crippen molar-refractivity contribution in [3.8, 4) is 23.7 Å². The van der Waals surface area contributed by atoms with Crippen LogP contribution >= 0.6 is 23.2 Å². The average molecular weight is 682 g/mol. The first-order valence-corrected chi connectivity index (χ1v) is 16.3. The zero-order valence-corrected chi connectivity index (χ0v) is 28.7. The summed E-state index contributed by atoms with van der Waals surface area (Å²) in [5.74, 6) is 13.2. The number of rotatable bonds is 4. The highest BCUT2D eigenvalue weighted by molar-refractivity contribution is 6.31. The Morgan fingerprint density at radius 3 is 1.54 bits per heavy atom. The van der Waals surface area contributed by atoms with Crippen molar-refractivity contribution in [2.75, 3.05) is 49.3 Å². The van der Waals surface area contributed by atoms with E-state index < -0.39 is 16.9 Å². The van der Waals surface area contributed by atoms with E-state index in [0.717, 1.165) is 11.1 Å². The van der Waals surface area contributed by atoms with Gasteiger partial charge in [0, 0.05) is 46.7 Å². The van der Waals surface area contributed by atoms with E-state index in [2.05, 4.69) is 71.1 Å². The van der Waals surface area contributed by atoms with Crippen molar-refractivity contribution >= 4 is 40.6 Å². The molecule has 0 N–H and O–H groups in total. The molecule has 2 fully saturated rings. The van der Waals surface area contributed by atoms with Crippen molar-refractivity contribution in [3.05, 3.63) is 105 Å². The van der Waals surface area contributed by atoms with Gasteiger partial charge in [-0.3, -0.25) is 4.79 Å². The number of nitrogens with zero attached hydrogens (tertiary/aromatic N) is 6. The molecule has 244 valence electrons. The van der Waals surface area contributed by atoms with E-state index in [4.69, 9.17) is 42.6 Å². The summed E-state index contributed by atoms with van der Waals surface area (Å²) >= 11 is 12.4. The maximum absolute atomic E-state index is 14.1. The van der Waals surface area contributed by atoms with Gasteiger partial charge in [0.15, 0.2) is 0 Å². The van der Waals surface area contributed by atoms with E-state index in [1.807, 2.05) is 24.3 Å². The summed E-state index contributed by atoms with van der Waals surface area (Å²) in [5.41, 5.74) is 1.83. The third-order valence-electron chi connectivity index (χ3n) is 8.08. The summed E-state index contributed by atoms with van der Waals surface area (Å²) < 4.78 is 11.5. The molecule has 0 amide bonds. The number of benzene rings is 2. The minimum absolute atomic E-state index is 0.0365. The van der Waals surface area contributed by atoms with Crippen molar-refractivity contribution in [3.63, 3.8) is 0 Å². The highest BCUT2D eigenvalue weighted by atomic mass is 35.5. The van der Waals surface area contributed by atoms with Gasteiger partial charge in [-0.25, -0.2) is 19.9 Å². The molecule has 2 saturated heterocycles. The fraction of sp³-hybridized carbons (Fsp3) is 0.324. The summed E-state index contributed by atoms with van der Waals surface area (Å²) in [6.45, 7) is 11.4. The van der Waals surface area contributed by atoms with Crippen LogP contribution in [0.3, 0.4) is 0 Å². The van der Waals surface area contributed by atoms with E-state index in [1.54, 1.807) is 36.7 Å². The lowest BCUT2D eigenvalue weighted by atomic mass is 10.0. The van der Waals surface area contributed by atoms with Crippen LogP contribution in [0.4, 0.5) is 11.6 Å². The van der Waals surface area contributed by atoms with Crippen molar-refractivity contribution < 1.29 is 14.3 Å². The van der Waals surface area contributed by atoms with Crippen LogP contribution in [0, 0.1) is 23.7 Å². The first kappa shape index (κ1) is 33.4. The van der Waals surface area contributed by atoms with Crippen LogP contribution in [0.5, 0.6) is 0 Å². The summed E-state index contributed by atoms with van der Waals surface area (Å²) in [5, 5.41) is 1.18. The number of anilines is 2. The van der Waals surface area contributed by atoms with Gasteiger partial charge in [0.2, 0.25) is 11.6 Å². The third kappa shape index (κ3) is 7.46. The van der Waals surface area contributed by atoms with Crippen LogP contribution in [0.15, 0.2) is 60.9 Å². The maximum Gasteiger partial charge on any atom is 0.267 e. The molecule has 2 aliphatic rings. The Bertz CT molecular complexity index is 1850. The predicted octanol–water partition coefficient (Wildman–Crippen LogP) is 5.83. The summed E-state index contributed by atoms with van der Waals surface area (Å²) in [4.78, 5) is 36.8. The topological polar surface area (TPSA) is 93.6 Å². The van der Waals surface area contributed by atoms with Crippen LogP contribution in [-0.4, -0.2) is 76.3 Å². The second-order valence-electron chi connectivity index (χ2n) is 12.7. The van der Waals surface area contributed by atoms with E-state index in [9.17, 15) is 4.79 Å². The second-order valence-corrected chi connectivity index (χ2v) is 13.6. The molecule has 0 unspecified atom stereocenters. The molecule has 0 radical (unpaired) electrons. The number of hydrogen-bond donors (Lipinski definition) is 0. The van der Waals surface area contributed by atoms with Crippen LogP contribution in [0.1, 0.15) is 66.4 Å². The second kappa shape index (κ2) is 13.9. The molecule has 2 aromatic carbocycles. The Balaban J connectivity index is 1.41. The van der Waals surface area contributed by atoms with Crippen molar-refractivity contribution in [1.82, 2.24) is 19.9 Å². The molecule has 0 aliphatic carbocycles. The van der Waals surface area contributed by atoms with Gasteiger partial charge in [0.05, 0.1) is 48.6 Å². The lowest BCUT2D eigenvalue weighted by Crippen LogP contribution is -2.54. The molecule has 6 rings (SSSR count). The van der Waals surface area contributed by atoms with Crippen LogP contribution in [0.2, 0.25) is 10.0 Å². The van der Waals surface area contributed by atoms with Crippen LogP contribution < -0.4 is 9.80 Å². The minimum atomic E-state index is -0.515. The van der Waals surface area contributed by atoms with Crippen molar-refractivity contribution in [2.45, 2.75) is 38.8 Å². The van der Waals surface area contributed by atoms with Crippen LogP contribution in [0.25, 0.3) is 0 Å². The molecule has 4 heterocycles. The summed E-state index contributed by atoms with van der Waals surface area (Å²) in [6.07, 6.45) is 3.16. The smallest absolute Gasteiger partial charge is 0.267 e. The molecular formula is C37H34Cl2N6O3. The Hall–Kier alpha value is -4.51. The van der Waals surface area contributed by atoms with Gasteiger partial charge in [0.25, 0.3) is 5.78 Å². The number of carbonyl (C=O) groups is 1. The monoisotopic (exact) mass is 680 g/mol. The number of ketones is 1. The maximum atomic E-state index is 14.1. The molecule has 11 heteroatoms. The van der Waals surface area contributed by atoms with Gasteiger partial charge in [-0.1, -0.05) is 59.0 Å². The molecule has 9 nitrogen and oxygen atoms in total. The van der Waals surface area contributed by atoms with Crippen molar-refractivity contribution in [1.29, 1.82) is 0 Å². The van der Waals surface area contributed by atoms with E-state index in [1.165, 1.54) is 0 Å². The first-order chi connectivity index (χ1) is 23.0. The van der Waals surface area contributed by atoms with E-state index in [0.29, 0.717) is 72.3 Å². The number of halogens is 2. The molecule has 4 aromatic rings. The Kier molecular flexibility index (Phi) is 9.68. The number of carbonyl (C=O) groups excluding carboxylic acids is 1. The van der Waals surface area contributed by atoms with E-state index in [-0.39, 0.29) is 11.6 Å². The van der Waals surface area contributed by atoms with E-state index >= 15 is 0 Å². The molecule has 0 atom stereocenters. The molecule has 0 spiro atoms. The Labute approximate surface area is 290 Å². The summed E-state index contributed by atoms with van der Waals surface area (Å²) in [7, 11) is 0. The molecule has 2 aliphatic heterocycles. The largest absolute Gasteiger partial charge is 0.377 e. The molecule has 0 saturated carbocycles. The van der Waals surface area contributed by atoms with Crippen LogP contribution in [-0.2, 0) is 9.47 Å². The van der Waals surface area contributed by atoms with Gasteiger partial charge in [-0.2, -0.15) is 0 Å². The van der Waals surface area contributed by atoms with Gasteiger partial charge in [-0.05, 0) is 64.1 Å².